The van der Waals surface area contributed by atoms with Gasteiger partial charge in [-0.3, -0.25) is 9.59 Å². The van der Waals surface area contributed by atoms with Gasteiger partial charge in [-0.1, -0.05) is 121 Å². The first-order valence-corrected chi connectivity index (χ1v) is 14.7. The number of benzene rings is 4. The fourth-order valence-electron chi connectivity index (χ4n) is 4.91. The molecule has 232 valence electrons. The van der Waals surface area contributed by atoms with Gasteiger partial charge in [0, 0.05) is 26.3 Å². The van der Waals surface area contributed by atoms with Crippen molar-refractivity contribution >= 4 is 23.9 Å². The molecule has 0 unspecified atom stereocenters. The Bertz CT molecular complexity index is 1530. The highest BCUT2D eigenvalue weighted by atomic mass is 16.5. The van der Waals surface area contributed by atoms with Crippen molar-refractivity contribution in [1.82, 2.24) is 15.5 Å². The van der Waals surface area contributed by atoms with E-state index >= 15 is 0 Å². The van der Waals surface area contributed by atoms with Gasteiger partial charge in [-0.15, -0.1) is 0 Å². The molecule has 4 aromatic carbocycles. The average molecular weight is 608 g/mol. The predicted molar refractivity (Wildman–Crippen MR) is 170 cm³/mol. The van der Waals surface area contributed by atoms with Crippen LogP contribution >= 0.6 is 0 Å². The van der Waals surface area contributed by atoms with Crippen molar-refractivity contribution in [2.24, 2.45) is 0 Å². The summed E-state index contributed by atoms with van der Waals surface area (Å²) in [7, 11) is 1.43. The number of nitrogens with zero attached hydrogens (tertiary/aromatic N) is 1. The van der Waals surface area contributed by atoms with Crippen LogP contribution < -0.4 is 10.6 Å². The number of hydrogen-bond acceptors (Lipinski definition) is 5. The maximum Gasteiger partial charge on any atom is 0.408 e. The number of carbonyl (C=O) groups excluding carboxylic acids is 3. The standard InChI is InChI=1S/C36H37N3O6/c1-39(32(35(42)43)24-28-18-10-4-11-19-28)34(41)31(23-27-16-8-3-9-17-27)37-33(40)30(22-26-14-6-2-7-15-26)38-36(44)45-25-29-20-12-5-13-21-29/h2-21,30-32H,22-25H2,1H3,(H,37,40)(H,38,44)(H,42,43)/t30-,31-,32-/m0/s1. The topological polar surface area (TPSA) is 125 Å². The van der Waals surface area contributed by atoms with Crippen molar-refractivity contribution in [1.29, 1.82) is 0 Å². The molecule has 0 aliphatic carbocycles. The Morgan fingerprint density at radius 1 is 0.622 bits per heavy atom. The van der Waals surface area contributed by atoms with Crippen LogP contribution in [0.4, 0.5) is 4.79 Å². The minimum absolute atomic E-state index is 0.0181. The van der Waals surface area contributed by atoms with E-state index < -0.39 is 42.0 Å². The summed E-state index contributed by atoms with van der Waals surface area (Å²) in [5, 5.41) is 15.5. The van der Waals surface area contributed by atoms with Crippen LogP contribution in [-0.2, 0) is 45.0 Å². The Balaban J connectivity index is 1.55. The number of amides is 3. The number of likely N-dealkylation sites (N-methyl/N-ethyl adjacent to an activating group) is 1. The number of carboxylic acid groups (broad SMARTS) is 1. The minimum Gasteiger partial charge on any atom is -0.480 e. The number of nitrogens with one attached hydrogen (secondary N) is 2. The zero-order valence-corrected chi connectivity index (χ0v) is 25.0. The molecule has 3 N–H and O–H groups in total. The first-order valence-electron chi connectivity index (χ1n) is 14.7. The van der Waals surface area contributed by atoms with E-state index in [1.54, 1.807) is 24.3 Å². The predicted octanol–water partition coefficient (Wildman–Crippen LogP) is 4.41. The van der Waals surface area contributed by atoms with E-state index in [0.29, 0.717) is 0 Å². The van der Waals surface area contributed by atoms with E-state index in [4.69, 9.17) is 4.74 Å². The van der Waals surface area contributed by atoms with Crippen LogP contribution in [0, 0.1) is 0 Å². The zero-order valence-electron chi connectivity index (χ0n) is 25.0. The van der Waals surface area contributed by atoms with Crippen molar-refractivity contribution in [3.8, 4) is 0 Å². The van der Waals surface area contributed by atoms with Crippen LogP contribution in [0.15, 0.2) is 121 Å². The molecular formula is C36H37N3O6. The minimum atomic E-state index is -1.17. The fourth-order valence-corrected chi connectivity index (χ4v) is 4.91. The maximum absolute atomic E-state index is 13.9. The van der Waals surface area contributed by atoms with E-state index in [1.165, 1.54) is 7.05 Å². The molecule has 0 aliphatic rings. The molecule has 45 heavy (non-hydrogen) atoms. The second-order valence-corrected chi connectivity index (χ2v) is 10.7. The SMILES string of the molecule is CN(C(=O)[C@H](Cc1ccccc1)NC(=O)[C@H](Cc1ccccc1)NC(=O)OCc1ccccc1)[C@@H](Cc1ccccc1)C(=O)O. The summed E-state index contributed by atoms with van der Waals surface area (Å²) in [6.07, 6.45) is -0.437. The molecule has 0 saturated carbocycles. The van der Waals surface area contributed by atoms with Crippen LogP contribution in [-0.4, -0.2) is 59.1 Å². The van der Waals surface area contributed by atoms with Gasteiger partial charge in [0.25, 0.3) is 0 Å². The first-order chi connectivity index (χ1) is 21.8. The van der Waals surface area contributed by atoms with Gasteiger partial charge in [0.15, 0.2) is 0 Å². The molecule has 0 heterocycles. The van der Waals surface area contributed by atoms with E-state index in [2.05, 4.69) is 10.6 Å². The summed E-state index contributed by atoms with van der Waals surface area (Å²) in [5.74, 6) is -2.34. The molecule has 0 saturated heterocycles. The molecule has 4 rings (SSSR count). The number of aliphatic carboxylic acids is 1. The Labute approximate surface area is 262 Å². The number of hydrogen-bond donors (Lipinski definition) is 3. The molecule has 0 radical (unpaired) electrons. The van der Waals surface area contributed by atoms with Crippen molar-refractivity contribution in [3.63, 3.8) is 0 Å². The lowest BCUT2D eigenvalue weighted by Crippen LogP contribution is -2.57. The van der Waals surface area contributed by atoms with Gasteiger partial charge < -0.3 is 25.4 Å². The molecule has 0 aliphatic heterocycles. The molecule has 0 fully saturated rings. The van der Waals surface area contributed by atoms with Crippen LogP contribution in [0.3, 0.4) is 0 Å². The third kappa shape index (κ3) is 10.1. The summed E-state index contributed by atoms with van der Waals surface area (Å²) < 4.78 is 5.38. The summed E-state index contributed by atoms with van der Waals surface area (Å²) in [6, 6.07) is 33.1. The normalized spacial score (nSPS) is 12.6. The summed E-state index contributed by atoms with van der Waals surface area (Å²) in [5.41, 5.74) is 3.11. The van der Waals surface area contributed by atoms with E-state index in [9.17, 15) is 24.3 Å². The molecule has 0 spiro atoms. The number of rotatable bonds is 14. The number of carbonyl (C=O) groups is 4. The van der Waals surface area contributed by atoms with Crippen molar-refractivity contribution in [3.05, 3.63) is 144 Å². The lowest BCUT2D eigenvalue weighted by atomic mass is 10.0. The highest BCUT2D eigenvalue weighted by Gasteiger charge is 2.34. The molecule has 3 atom stereocenters. The largest absolute Gasteiger partial charge is 0.480 e. The third-order valence-electron chi connectivity index (χ3n) is 7.37. The number of carboxylic acids is 1. The van der Waals surface area contributed by atoms with Gasteiger partial charge in [0.2, 0.25) is 11.8 Å². The molecular weight excluding hydrogens is 570 g/mol. The molecule has 3 amide bonds. The summed E-state index contributed by atoms with van der Waals surface area (Å²) >= 11 is 0. The van der Waals surface area contributed by atoms with Crippen molar-refractivity contribution in [2.75, 3.05) is 7.05 Å². The highest BCUT2D eigenvalue weighted by Crippen LogP contribution is 2.13. The second kappa shape index (κ2) is 16.4. The van der Waals surface area contributed by atoms with Crippen LogP contribution in [0.1, 0.15) is 22.3 Å². The van der Waals surface area contributed by atoms with Gasteiger partial charge in [-0.25, -0.2) is 9.59 Å². The molecule has 0 aromatic heterocycles. The van der Waals surface area contributed by atoms with Gasteiger partial charge >= 0.3 is 12.1 Å². The van der Waals surface area contributed by atoms with Gasteiger partial charge in [0.1, 0.15) is 24.7 Å². The monoisotopic (exact) mass is 607 g/mol. The van der Waals surface area contributed by atoms with Crippen LogP contribution in [0.25, 0.3) is 0 Å². The van der Waals surface area contributed by atoms with Crippen LogP contribution in [0.2, 0.25) is 0 Å². The second-order valence-electron chi connectivity index (χ2n) is 10.7. The lowest BCUT2D eigenvalue weighted by Gasteiger charge is -2.30. The smallest absolute Gasteiger partial charge is 0.408 e. The Kier molecular flexibility index (Phi) is 11.8. The summed E-state index contributed by atoms with van der Waals surface area (Å²) in [4.78, 5) is 54.0. The van der Waals surface area contributed by atoms with E-state index in [-0.39, 0.29) is 25.9 Å². The maximum atomic E-state index is 13.9. The summed E-state index contributed by atoms with van der Waals surface area (Å²) in [6.45, 7) is 0.0181. The molecule has 0 bridgehead atoms. The van der Waals surface area contributed by atoms with Crippen LogP contribution in [0.5, 0.6) is 0 Å². The Morgan fingerprint density at radius 2 is 1.04 bits per heavy atom. The quantitative estimate of drug-likeness (QED) is 0.195. The number of alkyl carbamates (subject to hydrolysis) is 1. The molecule has 4 aromatic rings. The highest BCUT2D eigenvalue weighted by molar-refractivity contribution is 5.93. The van der Waals surface area contributed by atoms with E-state index in [0.717, 1.165) is 27.2 Å². The first kappa shape index (κ1) is 32.5. The molecule has 9 heteroatoms. The molecule has 9 nitrogen and oxygen atoms in total. The van der Waals surface area contributed by atoms with Crippen molar-refractivity contribution in [2.45, 2.75) is 44.0 Å². The Hall–Kier alpha value is -5.44. The Morgan fingerprint density at radius 3 is 1.51 bits per heavy atom. The van der Waals surface area contributed by atoms with E-state index in [1.807, 2.05) is 97.1 Å². The van der Waals surface area contributed by atoms with Crippen molar-refractivity contribution < 1.29 is 29.0 Å². The average Bonchev–Trinajstić information content (AvgIpc) is 3.06. The zero-order chi connectivity index (χ0) is 32.0. The third-order valence-corrected chi connectivity index (χ3v) is 7.37. The van der Waals surface area contributed by atoms with Gasteiger partial charge in [-0.05, 0) is 22.3 Å². The fraction of sp³-hybridized carbons (Fsp3) is 0.222. The number of ether oxygens (including phenoxy) is 1. The van der Waals surface area contributed by atoms with Gasteiger partial charge in [-0.2, -0.15) is 0 Å². The van der Waals surface area contributed by atoms with Gasteiger partial charge in [0.05, 0.1) is 0 Å². The lowest BCUT2D eigenvalue weighted by molar-refractivity contribution is -0.150.